The molecule has 2 aromatic rings. The minimum atomic E-state index is -4.09. The molecule has 8 heteroatoms. The third-order valence-electron chi connectivity index (χ3n) is 3.81. The van der Waals surface area contributed by atoms with E-state index >= 15 is 0 Å². The minimum absolute atomic E-state index is 0.0432. The van der Waals surface area contributed by atoms with Crippen LogP contribution in [0.4, 0.5) is 0 Å². The van der Waals surface area contributed by atoms with Gasteiger partial charge >= 0.3 is 0 Å². The third kappa shape index (κ3) is 3.24. The van der Waals surface area contributed by atoms with Crippen LogP contribution in [0.15, 0.2) is 53.7 Å². The molecule has 0 aliphatic carbocycles. The first-order chi connectivity index (χ1) is 11.3. The fourth-order valence-electron chi connectivity index (χ4n) is 2.32. The number of nitrogens with zero attached hydrogens (tertiary/aromatic N) is 1. The molecule has 0 radical (unpaired) electrons. The minimum Gasteiger partial charge on any atom is -0.497 e. The zero-order valence-corrected chi connectivity index (χ0v) is 14.1. The Morgan fingerprint density at radius 2 is 1.96 bits per heavy atom. The van der Waals surface area contributed by atoms with Gasteiger partial charge in [0.25, 0.3) is 5.91 Å². The first kappa shape index (κ1) is 17.9. The molecule has 128 valence electrons. The van der Waals surface area contributed by atoms with Gasteiger partial charge in [-0.25, -0.2) is 13.9 Å². The van der Waals surface area contributed by atoms with Gasteiger partial charge in [0.05, 0.1) is 12.0 Å². The highest BCUT2D eigenvalue weighted by Crippen LogP contribution is 2.30. The molecule has 24 heavy (non-hydrogen) atoms. The summed E-state index contributed by atoms with van der Waals surface area (Å²) in [7, 11) is -2.62. The van der Waals surface area contributed by atoms with E-state index in [-0.39, 0.29) is 11.3 Å². The van der Waals surface area contributed by atoms with E-state index in [1.165, 1.54) is 50.0 Å². The molecule has 1 atom stereocenters. The Kier molecular flexibility index (Phi) is 5.20. The molecule has 7 nitrogen and oxygen atoms in total. The predicted molar refractivity (Wildman–Crippen MR) is 86.5 cm³/mol. The number of hydrogen-bond donors (Lipinski definition) is 2. The van der Waals surface area contributed by atoms with E-state index in [1.807, 2.05) is 0 Å². The van der Waals surface area contributed by atoms with Crippen molar-refractivity contribution >= 4 is 15.7 Å². The molecule has 1 heterocycles. The average molecular weight is 350 g/mol. The molecule has 1 aromatic heterocycles. The summed E-state index contributed by atoms with van der Waals surface area (Å²) in [6.07, 6.45) is 2.89. The van der Waals surface area contributed by atoms with Crippen molar-refractivity contribution in [3.8, 4) is 5.75 Å². The van der Waals surface area contributed by atoms with Crippen LogP contribution in [0.1, 0.15) is 12.5 Å². The summed E-state index contributed by atoms with van der Waals surface area (Å²) in [6.45, 7) is 1.27. The summed E-state index contributed by atoms with van der Waals surface area (Å²) in [5.41, 5.74) is 2.02. The first-order valence-electron chi connectivity index (χ1n) is 7.07. The van der Waals surface area contributed by atoms with Gasteiger partial charge in [-0.05, 0) is 42.8 Å². The van der Waals surface area contributed by atoms with E-state index in [2.05, 4.69) is 4.98 Å². The highest BCUT2D eigenvalue weighted by molar-refractivity contribution is 7.93. The van der Waals surface area contributed by atoms with Crippen LogP contribution in [0, 0.1) is 0 Å². The molecule has 1 amide bonds. The monoisotopic (exact) mass is 350 g/mol. The van der Waals surface area contributed by atoms with Crippen molar-refractivity contribution < 1.29 is 23.2 Å². The van der Waals surface area contributed by atoms with E-state index in [0.717, 1.165) is 0 Å². The zero-order chi connectivity index (χ0) is 17.8. The second-order valence-corrected chi connectivity index (χ2v) is 7.77. The van der Waals surface area contributed by atoms with Crippen LogP contribution in [0.3, 0.4) is 0 Å². The Bertz CT molecular complexity index is 806. The van der Waals surface area contributed by atoms with Gasteiger partial charge in [0.15, 0.2) is 14.6 Å². The predicted octanol–water partition coefficient (Wildman–Crippen LogP) is 1.37. The number of ether oxygens (including phenoxy) is 1. The van der Waals surface area contributed by atoms with Crippen LogP contribution in [0.5, 0.6) is 5.75 Å². The summed E-state index contributed by atoms with van der Waals surface area (Å²) in [5, 5.41) is 9.04. The van der Waals surface area contributed by atoms with Gasteiger partial charge in [-0.3, -0.25) is 15.0 Å². The van der Waals surface area contributed by atoms with Gasteiger partial charge in [0, 0.05) is 18.8 Å². The Hall–Kier alpha value is -2.45. The second kappa shape index (κ2) is 6.98. The number of nitrogens with one attached hydrogen (secondary N) is 1. The van der Waals surface area contributed by atoms with Crippen molar-refractivity contribution in [3.63, 3.8) is 0 Å². The van der Waals surface area contributed by atoms with Crippen molar-refractivity contribution in [2.75, 3.05) is 7.11 Å². The number of aromatic nitrogens is 1. The Labute approximate surface area is 140 Å². The molecule has 0 aliphatic rings. The van der Waals surface area contributed by atoms with Crippen LogP contribution in [-0.2, 0) is 21.1 Å². The molecular weight excluding hydrogens is 332 g/mol. The molecule has 0 unspecified atom stereocenters. The second-order valence-electron chi connectivity index (χ2n) is 5.39. The van der Waals surface area contributed by atoms with Gasteiger partial charge in [-0.15, -0.1) is 0 Å². The lowest BCUT2D eigenvalue weighted by Gasteiger charge is -2.27. The molecule has 1 aromatic carbocycles. The van der Waals surface area contributed by atoms with E-state index in [0.29, 0.717) is 11.3 Å². The van der Waals surface area contributed by atoms with Crippen molar-refractivity contribution in [2.45, 2.75) is 23.0 Å². The van der Waals surface area contributed by atoms with Crippen molar-refractivity contribution in [2.24, 2.45) is 0 Å². The van der Waals surface area contributed by atoms with Crippen molar-refractivity contribution in [1.82, 2.24) is 10.5 Å². The average Bonchev–Trinajstić information content (AvgIpc) is 2.61. The van der Waals surface area contributed by atoms with Crippen molar-refractivity contribution in [3.05, 3.63) is 54.4 Å². The van der Waals surface area contributed by atoms with Gasteiger partial charge in [0.2, 0.25) is 0 Å². The van der Waals surface area contributed by atoms with E-state index in [1.54, 1.807) is 18.3 Å². The molecule has 2 rings (SSSR count). The van der Waals surface area contributed by atoms with E-state index in [9.17, 15) is 13.2 Å². The summed E-state index contributed by atoms with van der Waals surface area (Å²) in [6, 6.07) is 9.02. The molecule has 0 aliphatic heterocycles. The molecule has 0 fully saturated rings. The van der Waals surface area contributed by atoms with Gasteiger partial charge in [-0.2, -0.15) is 0 Å². The smallest absolute Gasteiger partial charge is 0.265 e. The standard InChI is InChI=1S/C16H18N2O5S/c1-16(15(19)18-20,10-12-4-3-9-17-11-12)24(21,22)14-7-5-13(23-2)6-8-14/h3-9,11,20H,10H2,1-2H3,(H,18,19)/t16-/m1/s1. The number of amides is 1. The highest BCUT2D eigenvalue weighted by Gasteiger charge is 2.47. The number of carbonyl (C=O) groups is 1. The number of benzene rings is 1. The number of methoxy groups -OCH3 is 1. The van der Waals surface area contributed by atoms with Crippen LogP contribution < -0.4 is 10.2 Å². The molecule has 2 N–H and O–H groups in total. The number of carbonyl (C=O) groups excluding carboxylic acids is 1. The maximum atomic E-state index is 13.0. The number of sulfone groups is 1. The van der Waals surface area contributed by atoms with E-state index < -0.39 is 20.5 Å². The highest BCUT2D eigenvalue weighted by atomic mass is 32.2. The van der Waals surface area contributed by atoms with Gasteiger partial charge in [-0.1, -0.05) is 6.07 Å². The lowest BCUT2D eigenvalue weighted by molar-refractivity contribution is -0.131. The summed E-state index contributed by atoms with van der Waals surface area (Å²) in [4.78, 5) is 16.1. The van der Waals surface area contributed by atoms with Crippen LogP contribution >= 0.6 is 0 Å². The fraction of sp³-hybridized carbons (Fsp3) is 0.250. The molecule has 0 bridgehead atoms. The maximum absolute atomic E-state index is 13.0. The van der Waals surface area contributed by atoms with Crippen molar-refractivity contribution in [1.29, 1.82) is 0 Å². The molecule has 0 spiro atoms. The lowest BCUT2D eigenvalue weighted by atomic mass is 10.0. The molecular formula is C16H18N2O5S. The van der Waals surface area contributed by atoms with Crippen LogP contribution in [0.2, 0.25) is 0 Å². The fourth-order valence-corrected chi connectivity index (χ4v) is 3.98. The SMILES string of the molecule is COc1ccc(S(=O)(=O)[C@](C)(Cc2cccnc2)C(=O)NO)cc1. The van der Waals surface area contributed by atoms with Crippen LogP contribution in [-0.4, -0.2) is 36.4 Å². The van der Waals surface area contributed by atoms with Gasteiger partial charge < -0.3 is 4.74 Å². The van der Waals surface area contributed by atoms with Gasteiger partial charge in [0.1, 0.15) is 5.75 Å². The topological polar surface area (TPSA) is 106 Å². The number of hydroxylamine groups is 1. The molecule has 0 saturated heterocycles. The summed E-state index contributed by atoms with van der Waals surface area (Å²) < 4.78 is 29.2. The number of pyridine rings is 1. The number of rotatable bonds is 6. The van der Waals surface area contributed by atoms with Crippen LogP contribution in [0.25, 0.3) is 0 Å². The largest absolute Gasteiger partial charge is 0.497 e. The summed E-state index contributed by atoms with van der Waals surface area (Å²) in [5.74, 6) is -0.517. The first-order valence-corrected chi connectivity index (χ1v) is 8.55. The third-order valence-corrected chi connectivity index (χ3v) is 6.22. The Morgan fingerprint density at radius 3 is 2.46 bits per heavy atom. The maximum Gasteiger partial charge on any atom is 0.265 e. The van der Waals surface area contributed by atoms with E-state index in [4.69, 9.17) is 9.94 Å². The normalized spacial score (nSPS) is 13.8. The number of hydrogen-bond acceptors (Lipinski definition) is 6. The molecule has 0 saturated carbocycles. The quantitative estimate of drug-likeness (QED) is 0.602. The Balaban J connectivity index is 2.50. The lowest BCUT2D eigenvalue weighted by Crippen LogP contribution is -2.51. The zero-order valence-electron chi connectivity index (χ0n) is 13.3. The summed E-state index contributed by atoms with van der Waals surface area (Å²) >= 11 is 0. The Morgan fingerprint density at radius 1 is 1.29 bits per heavy atom.